The van der Waals surface area contributed by atoms with Gasteiger partial charge in [0.1, 0.15) is 13.2 Å². The molecule has 0 aliphatic heterocycles. The number of halogens is 1. The lowest BCUT2D eigenvalue weighted by Crippen LogP contribution is -3.00. The molecule has 0 heterocycles. The molecule has 0 aliphatic carbocycles. The van der Waals surface area contributed by atoms with Gasteiger partial charge >= 0.3 is 0 Å². The van der Waals surface area contributed by atoms with Crippen molar-refractivity contribution in [1.29, 1.82) is 0 Å². The molecule has 0 bridgehead atoms. The largest absolute Gasteiger partial charge is 1.00 e. The van der Waals surface area contributed by atoms with Gasteiger partial charge in [0.25, 0.3) is 0 Å². The molecule has 0 unspecified atom stereocenters. The van der Waals surface area contributed by atoms with E-state index in [9.17, 15) is 4.57 Å². The molecule has 0 rings (SSSR count). The summed E-state index contributed by atoms with van der Waals surface area (Å²) in [6.45, 7) is 5.53. The van der Waals surface area contributed by atoms with Crippen molar-refractivity contribution < 1.29 is 37.2 Å². The molecule has 0 aromatic carbocycles. The van der Waals surface area contributed by atoms with Crippen LogP contribution >= 0.6 is 18.0 Å². The normalized spacial score (nSPS) is 12.3. The summed E-state index contributed by atoms with van der Waals surface area (Å²) in [5, 5.41) is 0. The molecule has 0 aliphatic rings. The van der Waals surface area contributed by atoms with Crippen LogP contribution in [0.15, 0.2) is 0 Å². The fourth-order valence-electron chi connectivity index (χ4n) is 0.773. The van der Waals surface area contributed by atoms with E-state index in [-0.39, 0.29) is 24.0 Å². The second kappa shape index (κ2) is 8.34. The topological polar surface area (TPSA) is 26.3 Å². The molecule has 94 valence electrons. The highest BCUT2D eigenvalue weighted by molar-refractivity contribution is 8.55. The average Bonchev–Trinajstić information content (AvgIpc) is 2.11. The predicted octanol–water partition coefficient (Wildman–Crippen LogP) is -0.321. The highest BCUT2D eigenvalue weighted by Crippen LogP contribution is 2.58. The molecular weight excluding hydrogens is 344 g/mol. The predicted molar refractivity (Wildman–Crippen MR) is 65.1 cm³/mol. The van der Waals surface area contributed by atoms with E-state index in [4.69, 9.17) is 4.18 Å². The summed E-state index contributed by atoms with van der Waals surface area (Å²) in [6, 6.07) is 0. The van der Waals surface area contributed by atoms with Gasteiger partial charge in [-0.1, -0.05) is 13.8 Å². The summed E-state index contributed by atoms with van der Waals surface area (Å²) in [6.07, 6.45) is -0.634. The van der Waals surface area contributed by atoms with Crippen LogP contribution in [0.5, 0.6) is 0 Å². The number of hydrogen-bond donors (Lipinski definition) is 0. The maximum absolute atomic E-state index is 11.9. The first-order chi connectivity index (χ1) is 6.33. The molecular formula is C9H23INO2PS. The van der Waals surface area contributed by atoms with E-state index in [1.54, 1.807) is 0 Å². The van der Waals surface area contributed by atoms with Gasteiger partial charge < -0.3 is 37.2 Å². The van der Waals surface area contributed by atoms with Crippen LogP contribution in [0.3, 0.4) is 0 Å². The van der Waals surface area contributed by atoms with Crippen LogP contribution in [0.2, 0.25) is 0 Å². The van der Waals surface area contributed by atoms with E-state index in [0.717, 1.165) is 23.4 Å². The van der Waals surface area contributed by atoms with Crippen molar-refractivity contribution in [2.45, 2.75) is 13.8 Å². The van der Waals surface area contributed by atoms with Crippen LogP contribution in [0.25, 0.3) is 0 Å². The minimum Gasteiger partial charge on any atom is -1.00 e. The van der Waals surface area contributed by atoms with E-state index < -0.39 is 6.34 Å². The van der Waals surface area contributed by atoms with Crippen molar-refractivity contribution in [2.75, 3.05) is 46.6 Å². The van der Waals surface area contributed by atoms with Crippen molar-refractivity contribution in [3.8, 4) is 0 Å². The lowest BCUT2D eigenvalue weighted by molar-refractivity contribution is -0.870. The molecule has 0 fully saturated rings. The maximum Gasteiger partial charge on any atom is 0.164 e. The van der Waals surface area contributed by atoms with E-state index >= 15 is 0 Å². The van der Waals surface area contributed by atoms with Gasteiger partial charge in [-0.25, -0.2) is 0 Å². The molecule has 0 saturated heterocycles. The Morgan fingerprint density at radius 2 is 1.67 bits per heavy atom. The Balaban J connectivity index is 0. The first kappa shape index (κ1) is 18.6. The molecule has 0 aromatic heterocycles. The standard InChI is InChI=1S/C9H23NO2PS.HI/c1-6-13(11,7-2)14-12-9-8-10(3,4)5;/h6-9H2,1-5H3;1H/q+1;/p-1. The molecule has 15 heavy (non-hydrogen) atoms. The number of rotatable bonds is 7. The summed E-state index contributed by atoms with van der Waals surface area (Å²) in [5.74, 6) is 0. The Labute approximate surface area is 115 Å². The Kier molecular flexibility index (Phi) is 10.3. The first-order valence-corrected chi connectivity index (χ1v) is 8.45. The highest BCUT2D eigenvalue weighted by atomic mass is 127. The van der Waals surface area contributed by atoms with E-state index in [1.165, 1.54) is 11.7 Å². The third kappa shape index (κ3) is 10.1. The van der Waals surface area contributed by atoms with E-state index in [2.05, 4.69) is 21.1 Å². The zero-order valence-electron chi connectivity index (χ0n) is 10.3. The molecule has 0 saturated carbocycles. The number of likely N-dealkylation sites (N-methyl/N-ethyl adjacent to an activating group) is 1. The van der Waals surface area contributed by atoms with Crippen LogP contribution in [0, 0.1) is 0 Å². The summed E-state index contributed by atoms with van der Waals surface area (Å²) >= 11 is 1.21. The SMILES string of the molecule is CCP(=O)(CC)SOCC[N+](C)(C)C.[I-]. The molecule has 0 amide bonds. The summed E-state index contributed by atoms with van der Waals surface area (Å²) in [4.78, 5) is 0. The Bertz CT molecular complexity index is 201. The van der Waals surface area contributed by atoms with Crippen molar-refractivity contribution in [2.24, 2.45) is 0 Å². The third-order valence-corrected chi connectivity index (χ3v) is 7.15. The van der Waals surface area contributed by atoms with Gasteiger partial charge in [0.15, 0.2) is 6.34 Å². The zero-order chi connectivity index (χ0) is 11.2. The van der Waals surface area contributed by atoms with Crippen LogP contribution < -0.4 is 24.0 Å². The minimum absolute atomic E-state index is 0. The van der Waals surface area contributed by atoms with Crippen LogP contribution in [0.4, 0.5) is 0 Å². The van der Waals surface area contributed by atoms with E-state index in [0.29, 0.717) is 6.61 Å². The van der Waals surface area contributed by atoms with Gasteiger partial charge in [-0.05, 0) is 0 Å². The second-order valence-electron chi connectivity index (χ2n) is 4.36. The van der Waals surface area contributed by atoms with Crippen LogP contribution in [-0.2, 0) is 8.75 Å². The monoisotopic (exact) mass is 367 g/mol. The zero-order valence-corrected chi connectivity index (χ0v) is 14.2. The Morgan fingerprint density at radius 1 is 1.20 bits per heavy atom. The Hall–Kier alpha value is 1.23. The van der Waals surface area contributed by atoms with Gasteiger partial charge in [0.05, 0.1) is 32.8 Å². The number of nitrogens with zero attached hydrogens (tertiary/aromatic N) is 1. The highest BCUT2D eigenvalue weighted by Gasteiger charge is 2.19. The lowest BCUT2D eigenvalue weighted by Gasteiger charge is -2.23. The van der Waals surface area contributed by atoms with Gasteiger partial charge in [-0.15, -0.1) is 0 Å². The van der Waals surface area contributed by atoms with Crippen molar-refractivity contribution in [3.63, 3.8) is 0 Å². The fourth-order valence-corrected chi connectivity index (χ4v) is 3.21. The molecule has 0 atom stereocenters. The molecule has 0 aromatic rings. The third-order valence-electron chi connectivity index (χ3n) is 2.00. The molecule has 3 nitrogen and oxygen atoms in total. The number of quaternary nitrogens is 1. The molecule has 0 radical (unpaired) electrons. The molecule has 0 spiro atoms. The second-order valence-corrected chi connectivity index (χ2v) is 10.1. The summed E-state index contributed by atoms with van der Waals surface area (Å²) < 4.78 is 18.2. The van der Waals surface area contributed by atoms with Gasteiger partial charge in [-0.2, -0.15) is 0 Å². The quantitative estimate of drug-likeness (QED) is 0.203. The van der Waals surface area contributed by atoms with Crippen LogP contribution in [-0.4, -0.2) is 51.1 Å². The van der Waals surface area contributed by atoms with Crippen molar-refractivity contribution in [1.82, 2.24) is 0 Å². The average molecular weight is 367 g/mol. The molecule has 6 heteroatoms. The van der Waals surface area contributed by atoms with Crippen molar-refractivity contribution in [3.05, 3.63) is 0 Å². The summed E-state index contributed by atoms with van der Waals surface area (Å²) in [5.41, 5.74) is 0. The maximum atomic E-state index is 11.9. The van der Waals surface area contributed by atoms with E-state index in [1.807, 2.05) is 13.8 Å². The van der Waals surface area contributed by atoms with Crippen molar-refractivity contribution >= 4 is 18.0 Å². The Morgan fingerprint density at radius 3 is 2.00 bits per heavy atom. The minimum atomic E-state index is -2.08. The van der Waals surface area contributed by atoms with Gasteiger partial charge in [-0.3, -0.25) is 0 Å². The molecule has 0 N–H and O–H groups in total. The first-order valence-electron chi connectivity index (χ1n) is 5.03. The smallest absolute Gasteiger partial charge is 0.164 e. The summed E-state index contributed by atoms with van der Waals surface area (Å²) in [7, 11) is 6.35. The fraction of sp³-hybridized carbons (Fsp3) is 1.00. The number of hydrogen-bond acceptors (Lipinski definition) is 3. The lowest BCUT2D eigenvalue weighted by atomic mass is 10.5. The van der Waals surface area contributed by atoms with Crippen LogP contribution in [0.1, 0.15) is 13.8 Å². The van der Waals surface area contributed by atoms with Gasteiger partial charge in [0.2, 0.25) is 0 Å². The van der Waals surface area contributed by atoms with Gasteiger partial charge in [0, 0.05) is 12.3 Å².